The summed E-state index contributed by atoms with van der Waals surface area (Å²) in [6, 6.07) is 9.13. The molecule has 0 amide bonds. The summed E-state index contributed by atoms with van der Waals surface area (Å²) in [6.45, 7) is 3.57. The summed E-state index contributed by atoms with van der Waals surface area (Å²) in [6.07, 6.45) is 5.49. The first-order valence-corrected chi connectivity index (χ1v) is 9.19. The Kier molecular flexibility index (Phi) is 4.40. The first-order valence-electron chi connectivity index (χ1n) is 8.78. The zero-order chi connectivity index (χ0) is 15.6. The van der Waals surface area contributed by atoms with E-state index in [9.17, 15) is 0 Å². The molecule has 0 aromatic heterocycles. The Bertz CT molecular complexity index is 556. The molecule has 1 aromatic carbocycles. The fraction of sp³-hybridized carbons (Fsp3) is 0.611. The van der Waals surface area contributed by atoms with Crippen LogP contribution in [0.15, 0.2) is 24.3 Å². The maximum absolute atomic E-state index is 5.50. The highest BCUT2D eigenvalue weighted by Gasteiger charge is 2.39. The summed E-state index contributed by atoms with van der Waals surface area (Å²) in [5.74, 6) is 1.77. The summed E-state index contributed by atoms with van der Waals surface area (Å²) in [5.41, 5.74) is 2.31. The number of ether oxygens (including phenoxy) is 1. The molecule has 23 heavy (non-hydrogen) atoms. The molecule has 3 fully saturated rings. The van der Waals surface area contributed by atoms with Crippen molar-refractivity contribution >= 4 is 28.7 Å². The fourth-order valence-corrected chi connectivity index (χ4v) is 4.60. The van der Waals surface area contributed by atoms with Gasteiger partial charge in [-0.25, -0.2) is 0 Å². The van der Waals surface area contributed by atoms with E-state index in [-0.39, 0.29) is 0 Å². The van der Waals surface area contributed by atoms with Crippen molar-refractivity contribution < 1.29 is 4.74 Å². The van der Waals surface area contributed by atoms with Crippen LogP contribution in [0.5, 0.6) is 0 Å². The smallest absolute Gasteiger partial charge is 0.171 e. The van der Waals surface area contributed by atoms with Crippen molar-refractivity contribution in [1.29, 1.82) is 0 Å². The maximum Gasteiger partial charge on any atom is 0.171 e. The van der Waals surface area contributed by atoms with E-state index >= 15 is 0 Å². The van der Waals surface area contributed by atoms with Crippen LogP contribution in [0.2, 0.25) is 0 Å². The topological polar surface area (TPSA) is 36.5 Å². The highest BCUT2D eigenvalue weighted by atomic mass is 32.1. The Hall–Kier alpha value is -1.33. The lowest BCUT2D eigenvalue weighted by molar-refractivity contribution is 0.122. The third-order valence-corrected chi connectivity index (χ3v) is 5.78. The molecule has 124 valence electrons. The van der Waals surface area contributed by atoms with Gasteiger partial charge in [0, 0.05) is 30.5 Å². The van der Waals surface area contributed by atoms with Gasteiger partial charge in [0.25, 0.3) is 0 Å². The molecule has 1 aliphatic heterocycles. The van der Waals surface area contributed by atoms with Gasteiger partial charge in [0.1, 0.15) is 0 Å². The van der Waals surface area contributed by atoms with Gasteiger partial charge < -0.3 is 20.3 Å². The monoisotopic (exact) mass is 331 g/mol. The molecule has 0 spiro atoms. The van der Waals surface area contributed by atoms with E-state index in [0.29, 0.717) is 6.04 Å². The number of benzene rings is 1. The molecule has 3 atom stereocenters. The van der Waals surface area contributed by atoms with E-state index in [1.54, 1.807) is 0 Å². The Balaban J connectivity index is 1.30. The Morgan fingerprint density at radius 1 is 1.09 bits per heavy atom. The number of hydrogen-bond acceptors (Lipinski definition) is 3. The largest absolute Gasteiger partial charge is 0.378 e. The predicted octanol–water partition coefficient (Wildman–Crippen LogP) is 3.00. The minimum Gasteiger partial charge on any atom is -0.378 e. The molecule has 3 aliphatic rings. The second-order valence-electron chi connectivity index (χ2n) is 7.03. The molecule has 1 aromatic rings. The number of hydrogen-bond donors (Lipinski definition) is 2. The van der Waals surface area contributed by atoms with E-state index in [1.165, 1.54) is 31.4 Å². The van der Waals surface area contributed by atoms with Crippen molar-refractivity contribution in [2.45, 2.75) is 31.7 Å². The lowest BCUT2D eigenvalue weighted by atomic mass is 9.96. The van der Waals surface area contributed by atoms with Gasteiger partial charge in [-0.05, 0) is 67.6 Å². The summed E-state index contributed by atoms with van der Waals surface area (Å²) < 4.78 is 5.40. The van der Waals surface area contributed by atoms with Gasteiger partial charge in [-0.3, -0.25) is 0 Å². The molecule has 2 N–H and O–H groups in total. The third-order valence-electron chi connectivity index (χ3n) is 5.56. The lowest BCUT2D eigenvalue weighted by Gasteiger charge is -2.29. The van der Waals surface area contributed by atoms with Crippen molar-refractivity contribution in [2.24, 2.45) is 11.8 Å². The van der Waals surface area contributed by atoms with Crippen LogP contribution in [0, 0.1) is 11.8 Å². The lowest BCUT2D eigenvalue weighted by Crippen LogP contribution is -2.40. The number of anilines is 2. The predicted molar refractivity (Wildman–Crippen MR) is 98.1 cm³/mol. The highest BCUT2D eigenvalue weighted by molar-refractivity contribution is 7.80. The zero-order valence-corrected chi connectivity index (χ0v) is 14.3. The molecule has 2 aliphatic carbocycles. The molecular formula is C18H25N3OS. The first kappa shape index (κ1) is 15.2. The van der Waals surface area contributed by atoms with Crippen molar-refractivity contribution in [3.63, 3.8) is 0 Å². The number of thiocarbonyl (C=S) groups is 1. The van der Waals surface area contributed by atoms with Crippen LogP contribution in [0.3, 0.4) is 0 Å². The van der Waals surface area contributed by atoms with Crippen LogP contribution < -0.4 is 15.5 Å². The molecule has 0 unspecified atom stereocenters. The van der Waals surface area contributed by atoms with Crippen LogP contribution in [0.25, 0.3) is 0 Å². The second-order valence-corrected chi connectivity index (χ2v) is 7.43. The molecule has 4 rings (SSSR count). The fourth-order valence-electron chi connectivity index (χ4n) is 4.33. The summed E-state index contributed by atoms with van der Waals surface area (Å²) in [7, 11) is 0. The summed E-state index contributed by atoms with van der Waals surface area (Å²) >= 11 is 5.50. The van der Waals surface area contributed by atoms with Crippen LogP contribution in [0.4, 0.5) is 11.4 Å². The SMILES string of the molecule is S=C(Nc1ccc(N2CCOCC2)cc1)N[C@@H]1C[C@H]2CC[C@H]1C2. The van der Waals surface area contributed by atoms with Crippen molar-refractivity contribution in [1.82, 2.24) is 5.32 Å². The number of rotatable bonds is 3. The Labute approximate surface area is 143 Å². The number of nitrogens with zero attached hydrogens (tertiary/aromatic N) is 1. The van der Waals surface area contributed by atoms with E-state index in [0.717, 1.165) is 48.9 Å². The van der Waals surface area contributed by atoms with Gasteiger partial charge in [0.15, 0.2) is 5.11 Å². The molecule has 1 saturated heterocycles. The molecule has 2 saturated carbocycles. The second kappa shape index (κ2) is 6.65. The van der Waals surface area contributed by atoms with Crippen LogP contribution in [0.1, 0.15) is 25.7 Å². The van der Waals surface area contributed by atoms with Crippen molar-refractivity contribution in [2.75, 3.05) is 36.5 Å². The summed E-state index contributed by atoms with van der Waals surface area (Å²) in [4.78, 5) is 2.36. The van der Waals surface area contributed by atoms with Gasteiger partial charge in [0.2, 0.25) is 0 Å². The number of morpholine rings is 1. The van der Waals surface area contributed by atoms with Crippen LogP contribution in [-0.2, 0) is 4.74 Å². The van der Waals surface area contributed by atoms with E-state index in [4.69, 9.17) is 17.0 Å². The zero-order valence-electron chi connectivity index (χ0n) is 13.5. The maximum atomic E-state index is 5.50. The number of nitrogens with one attached hydrogen (secondary N) is 2. The molecule has 5 heteroatoms. The van der Waals surface area contributed by atoms with Gasteiger partial charge >= 0.3 is 0 Å². The van der Waals surface area contributed by atoms with Gasteiger partial charge in [0.05, 0.1) is 13.2 Å². The quantitative estimate of drug-likeness (QED) is 0.833. The molecular weight excluding hydrogens is 306 g/mol. The minimum atomic E-state index is 0.585. The normalized spacial score (nSPS) is 29.6. The third kappa shape index (κ3) is 3.45. The number of fused-ring (bicyclic) bond motifs is 2. The van der Waals surface area contributed by atoms with E-state index < -0.39 is 0 Å². The summed E-state index contributed by atoms with van der Waals surface area (Å²) in [5, 5.41) is 7.63. The van der Waals surface area contributed by atoms with Crippen molar-refractivity contribution in [3.05, 3.63) is 24.3 Å². The minimum absolute atomic E-state index is 0.585. The van der Waals surface area contributed by atoms with Gasteiger partial charge in [-0.1, -0.05) is 6.42 Å². The van der Waals surface area contributed by atoms with Crippen molar-refractivity contribution in [3.8, 4) is 0 Å². The Morgan fingerprint density at radius 2 is 1.87 bits per heavy atom. The Morgan fingerprint density at radius 3 is 2.52 bits per heavy atom. The highest BCUT2D eigenvalue weighted by Crippen LogP contribution is 2.44. The molecule has 1 heterocycles. The van der Waals surface area contributed by atoms with Gasteiger partial charge in [-0.15, -0.1) is 0 Å². The average Bonchev–Trinajstić information content (AvgIpc) is 3.19. The van der Waals surface area contributed by atoms with E-state index in [1.807, 2.05) is 0 Å². The first-order chi connectivity index (χ1) is 11.3. The average molecular weight is 331 g/mol. The standard InChI is InChI=1S/C18H25N3OS/c23-18(20-17-12-13-1-2-14(17)11-13)19-15-3-5-16(6-4-15)21-7-9-22-10-8-21/h3-6,13-14,17H,1-2,7-12H2,(H2,19,20,23)/t13-,14-,17+/m0/s1. The molecule has 0 radical (unpaired) electrons. The molecule has 4 nitrogen and oxygen atoms in total. The van der Waals surface area contributed by atoms with Gasteiger partial charge in [-0.2, -0.15) is 0 Å². The van der Waals surface area contributed by atoms with E-state index in [2.05, 4.69) is 39.8 Å². The van der Waals surface area contributed by atoms with Crippen LogP contribution in [-0.4, -0.2) is 37.5 Å². The molecule has 2 bridgehead atoms. The van der Waals surface area contributed by atoms with Crippen LogP contribution >= 0.6 is 12.2 Å².